The van der Waals surface area contributed by atoms with Gasteiger partial charge < -0.3 is 15.2 Å². The SMILES string of the molecule is CCOc1ccccc1NC(=O)C(C)c1nc(C(=O)O)cs1. The summed E-state index contributed by atoms with van der Waals surface area (Å²) in [6, 6.07) is 7.15. The molecule has 22 heavy (non-hydrogen) atoms. The Morgan fingerprint density at radius 2 is 2.14 bits per heavy atom. The zero-order chi connectivity index (χ0) is 16.1. The van der Waals surface area contributed by atoms with Crippen molar-refractivity contribution >= 4 is 28.9 Å². The molecule has 0 fully saturated rings. The topological polar surface area (TPSA) is 88.5 Å². The molecule has 7 heteroatoms. The first-order valence-electron chi connectivity index (χ1n) is 6.74. The number of thiazole rings is 1. The summed E-state index contributed by atoms with van der Waals surface area (Å²) < 4.78 is 5.45. The van der Waals surface area contributed by atoms with E-state index in [0.29, 0.717) is 23.1 Å². The zero-order valence-corrected chi connectivity index (χ0v) is 13.0. The fourth-order valence-corrected chi connectivity index (χ4v) is 2.64. The number of nitrogens with one attached hydrogen (secondary N) is 1. The van der Waals surface area contributed by atoms with Gasteiger partial charge in [-0.15, -0.1) is 11.3 Å². The number of carbonyl (C=O) groups is 2. The lowest BCUT2D eigenvalue weighted by Crippen LogP contribution is -2.19. The van der Waals surface area contributed by atoms with Gasteiger partial charge in [-0.3, -0.25) is 4.79 Å². The van der Waals surface area contributed by atoms with Crippen LogP contribution in [0.3, 0.4) is 0 Å². The standard InChI is InChI=1S/C15H16N2O4S/c1-3-21-12-7-5-4-6-10(12)16-13(18)9(2)14-17-11(8-22-14)15(19)20/h4-9H,3H2,1-2H3,(H,16,18)(H,19,20). The van der Waals surface area contributed by atoms with E-state index in [1.54, 1.807) is 25.1 Å². The first-order chi connectivity index (χ1) is 10.5. The first kappa shape index (κ1) is 16.0. The Kier molecular flexibility index (Phi) is 5.11. The Morgan fingerprint density at radius 1 is 1.41 bits per heavy atom. The van der Waals surface area contributed by atoms with Crippen LogP contribution in [-0.4, -0.2) is 28.6 Å². The van der Waals surface area contributed by atoms with Crippen molar-refractivity contribution in [1.29, 1.82) is 0 Å². The third-order valence-electron chi connectivity index (χ3n) is 2.95. The number of anilines is 1. The van der Waals surface area contributed by atoms with Gasteiger partial charge in [-0.1, -0.05) is 12.1 Å². The van der Waals surface area contributed by atoms with Gasteiger partial charge in [0.15, 0.2) is 5.69 Å². The number of aromatic carboxylic acids is 1. The molecule has 2 rings (SSSR count). The van der Waals surface area contributed by atoms with Crippen LogP contribution < -0.4 is 10.1 Å². The second kappa shape index (κ2) is 7.04. The van der Waals surface area contributed by atoms with Crippen LogP contribution >= 0.6 is 11.3 Å². The van der Waals surface area contributed by atoms with Gasteiger partial charge in [-0.2, -0.15) is 0 Å². The predicted octanol–water partition coefficient (Wildman–Crippen LogP) is 2.98. The molecule has 0 aliphatic carbocycles. The van der Waals surface area contributed by atoms with Crippen LogP contribution in [0.2, 0.25) is 0 Å². The lowest BCUT2D eigenvalue weighted by molar-refractivity contribution is -0.117. The Hall–Kier alpha value is -2.41. The average molecular weight is 320 g/mol. The molecule has 0 saturated heterocycles. The number of benzene rings is 1. The number of hydrogen-bond acceptors (Lipinski definition) is 5. The predicted molar refractivity (Wildman–Crippen MR) is 83.7 cm³/mol. The summed E-state index contributed by atoms with van der Waals surface area (Å²) in [4.78, 5) is 27.1. The molecule has 0 radical (unpaired) electrons. The monoisotopic (exact) mass is 320 g/mol. The molecule has 0 bridgehead atoms. The van der Waals surface area contributed by atoms with E-state index in [1.807, 2.05) is 13.0 Å². The molecule has 1 atom stereocenters. The summed E-state index contributed by atoms with van der Waals surface area (Å²) in [5.74, 6) is -1.32. The van der Waals surface area contributed by atoms with Crippen LogP contribution in [-0.2, 0) is 4.79 Å². The lowest BCUT2D eigenvalue weighted by Gasteiger charge is -2.13. The third-order valence-corrected chi connectivity index (χ3v) is 3.98. The van der Waals surface area contributed by atoms with E-state index >= 15 is 0 Å². The molecule has 0 aliphatic rings. The Balaban J connectivity index is 2.12. The Morgan fingerprint density at radius 3 is 2.77 bits per heavy atom. The molecular formula is C15H16N2O4S. The van der Waals surface area contributed by atoms with Crippen LogP contribution in [0, 0.1) is 0 Å². The third kappa shape index (κ3) is 3.62. The Bertz CT molecular complexity index is 684. The molecule has 0 saturated carbocycles. The molecule has 2 N–H and O–H groups in total. The van der Waals surface area contributed by atoms with Crippen LogP contribution in [0.5, 0.6) is 5.75 Å². The molecule has 1 aromatic heterocycles. The highest BCUT2D eigenvalue weighted by Crippen LogP contribution is 2.27. The molecule has 1 amide bonds. The fourth-order valence-electron chi connectivity index (χ4n) is 1.79. The highest BCUT2D eigenvalue weighted by atomic mass is 32.1. The van der Waals surface area contributed by atoms with Crippen molar-refractivity contribution in [1.82, 2.24) is 4.98 Å². The summed E-state index contributed by atoms with van der Waals surface area (Å²) in [6.07, 6.45) is 0. The van der Waals surface area contributed by atoms with E-state index in [1.165, 1.54) is 5.38 Å². The van der Waals surface area contributed by atoms with Crippen LogP contribution in [0.15, 0.2) is 29.6 Å². The highest BCUT2D eigenvalue weighted by Gasteiger charge is 2.21. The number of rotatable bonds is 6. The number of carbonyl (C=O) groups excluding carboxylic acids is 1. The largest absolute Gasteiger partial charge is 0.492 e. The van der Waals surface area contributed by atoms with E-state index < -0.39 is 11.9 Å². The number of carboxylic acids is 1. The minimum Gasteiger partial charge on any atom is -0.492 e. The van der Waals surface area contributed by atoms with Gasteiger partial charge in [0.1, 0.15) is 10.8 Å². The number of para-hydroxylation sites is 2. The second-order valence-corrected chi connectivity index (χ2v) is 5.41. The molecular weight excluding hydrogens is 304 g/mol. The van der Waals surface area contributed by atoms with Gasteiger partial charge >= 0.3 is 5.97 Å². The van der Waals surface area contributed by atoms with E-state index in [9.17, 15) is 9.59 Å². The summed E-state index contributed by atoms with van der Waals surface area (Å²) in [6.45, 7) is 4.05. The zero-order valence-electron chi connectivity index (χ0n) is 12.2. The van der Waals surface area contributed by atoms with Crippen molar-refractivity contribution in [2.75, 3.05) is 11.9 Å². The normalized spacial score (nSPS) is 11.7. The number of carboxylic acid groups (broad SMARTS) is 1. The highest BCUT2D eigenvalue weighted by molar-refractivity contribution is 7.10. The van der Waals surface area contributed by atoms with Crippen LogP contribution in [0.25, 0.3) is 0 Å². The summed E-state index contributed by atoms with van der Waals surface area (Å²) in [5.41, 5.74) is 0.533. The maximum absolute atomic E-state index is 12.3. The van der Waals surface area contributed by atoms with Gasteiger partial charge in [-0.05, 0) is 26.0 Å². The van der Waals surface area contributed by atoms with Crippen molar-refractivity contribution in [3.05, 3.63) is 40.3 Å². The fraction of sp³-hybridized carbons (Fsp3) is 0.267. The number of aromatic nitrogens is 1. The maximum atomic E-state index is 12.3. The van der Waals surface area contributed by atoms with Gasteiger partial charge in [0.2, 0.25) is 5.91 Å². The lowest BCUT2D eigenvalue weighted by atomic mass is 10.1. The summed E-state index contributed by atoms with van der Waals surface area (Å²) in [5, 5.41) is 13.6. The number of nitrogens with zero attached hydrogens (tertiary/aromatic N) is 1. The molecule has 0 aliphatic heterocycles. The van der Waals surface area contributed by atoms with Gasteiger partial charge in [0, 0.05) is 5.38 Å². The van der Waals surface area contributed by atoms with Crippen molar-refractivity contribution in [3.8, 4) is 5.75 Å². The van der Waals surface area contributed by atoms with E-state index in [2.05, 4.69) is 10.3 Å². The van der Waals surface area contributed by atoms with Gasteiger partial charge in [-0.25, -0.2) is 9.78 Å². The smallest absolute Gasteiger partial charge is 0.355 e. The minimum atomic E-state index is -1.10. The molecule has 1 aromatic carbocycles. The Labute approximate surface area is 131 Å². The maximum Gasteiger partial charge on any atom is 0.355 e. The van der Waals surface area contributed by atoms with Crippen molar-refractivity contribution in [2.45, 2.75) is 19.8 Å². The first-order valence-corrected chi connectivity index (χ1v) is 7.62. The second-order valence-electron chi connectivity index (χ2n) is 4.52. The summed E-state index contributed by atoms with van der Waals surface area (Å²) >= 11 is 1.16. The summed E-state index contributed by atoms with van der Waals surface area (Å²) in [7, 11) is 0. The van der Waals surface area contributed by atoms with E-state index in [4.69, 9.17) is 9.84 Å². The minimum absolute atomic E-state index is 0.0469. The van der Waals surface area contributed by atoms with Crippen molar-refractivity contribution in [3.63, 3.8) is 0 Å². The molecule has 1 heterocycles. The number of ether oxygens (including phenoxy) is 1. The molecule has 2 aromatic rings. The number of amides is 1. The van der Waals surface area contributed by atoms with Crippen molar-refractivity contribution < 1.29 is 19.4 Å². The molecule has 0 spiro atoms. The van der Waals surface area contributed by atoms with E-state index in [0.717, 1.165) is 11.3 Å². The van der Waals surface area contributed by atoms with Crippen LogP contribution in [0.4, 0.5) is 5.69 Å². The molecule has 116 valence electrons. The van der Waals surface area contributed by atoms with Gasteiger partial charge in [0.05, 0.1) is 18.2 Å². The van der Waals surface area contributed by atoms with Crippen molar-refractivity contribution in [2.24, 2.45) is 0 Å². The quantitative estimate of drug-likeness (QED) is 0.854. The van der Waals surface area contributed by atoms with E-state index in [-0.39, 0.29) is 11.6 Å². The number of hydrogen-bond donors (Lipinski definition) is 2. The van der Waals surface area contributed by atoms with Gasteiger partial charge in [0.25, 0.3) is 0 Å². The molecule has 1 unspecified atom stereocenters. The average Bonchev–Trinajstić information content (AvgIpc) is 2.98. The molecule has 6 nitrogen and oxygen atoms in total. The van der Waals surface area contributed by atoms with Crippen LogP contribution in [0.1, 0.15) is 35.3 Å².